The Morgan fingerprint density at radius 2 is 1.96 bits per heavy atom. The molecule has 0 spiro atoms. The number of carbonyl (C=O) groups is 1. The second-order valence-electron chi connectivity index (χ2n) is 6.48. The van der Waals surface area contributed by atoms with E-state index in [9.17, 15) is 14.3 Å². The normalized spacial score (nSPS) is 11.9. The summed E-state index contributed by atoms with van der Waals surface area (Å²) >= 11 is 5.74. The zero-order valence-electron chi connectivity index (χ0n) is 13.3. The van der Waals surface area contributed by atoms with E-state index in [-0.39, 0.29) is 16.1 Å². The van der Waals surface area contributed by atoms with Crippen molar-refractivity contribution in [2.24, 2.45) is 0 Å². The number of carboxylic acid groups (broad SMARTS) is 1. The average Bonchev–Trinajstić information content (AvgIpc) is 2.88. The van der Waals surface area contributed by atoms with Crippen LogP contribution < -0.4 is 0 Å². The van der Waals surface area contributed by atoms with Crippen molar-refractivity contribution < 1.29 is 14.3 Å². The van der Waals surface area contributed by atoms with Gasteiger partial charge in [-0.2, -0.15) is 5.10 Å². The Bertz CT molecular complexity index is 960. The first kappa shape index (κ1) is 16.4. The van der Waals surface area contributed by atoms with E-state index in [1.165, 1.54) is 18.2 Å². The highest BCUT2D eigenvalue weighted by Crippen LogP contribution is 2.30. The van der Waals surface area contributed by atoms with Crippen molar-refractivity contribution in [3.8, 4) is 5.69 Å². The number of hydrogen-bond acceptors (Lipinski definition) is 3. The van der Waals surface area contributed by atoms with Gasteiger partial charge in [-0.1, -0.05) is 32.4 Å². The van der Waals surface area contributed by atoms with Crippen molar-refractivity contribution in [1.82, 2.24) is 14.8 Å². The van der Waals surface area contributed by atoms with Crippen LogP contribution in [0.2, 0.25) is 5.02 Å². The van der Waals surface area contributed by atoms with Gasteiger partial charge in [0.15, 0.2) is 0 Å². The zero-order chi connectivity index (χ0) is 17.6. The largest absolute Gasteiger partial charge is 0.477 e. The fraction of sp³-hybridized carbons (Fsp3) is 0.235. The molecule has 0 atom stereocenters. The summed E-state index contributed by atoms with van der Waals surface area (Å²) < 4.78 is 15.4. The molecule has 2 aromatic heterocycles. The van der Waals surface area contributed by atoms with Crippen LogP contribution in [-0.2, 0) is 5.41 Å². The Labute approximate surface area is 142 Å². The zero-order valence-corrected chi connectivity index (χ0v) is 14.1. The van der Waals surface area contributed by atoms with Gasteiger partial charge in [0.1, 0.15) is 17.0 Å². The van der Waals surface area contributed by atoms with Gasteiger partial charge in [-0.05, 0) is 24.3 Å². The molecule has 0 fully saturated rings. The van der Waals surface area contributed by atoms with E-state index >= 15 is 0 Å². The lowest BCUT2D eigenvalue weighted by Crippen LogP contribution is -2.13. The van der Waals surface area contributed by atoms with Gasteiger partial charge in [-0.15, -0.1) is 0 Å². The fourth-order valence-electron chi connectivity index (χ4n) is 2.44. The van der Waals surface area contributed by atoms with Crippen LogP contribution in [0.1, 0.15) is 37.0 Å². The summed E-state index contributed by atoms with van der Waals surface area (Å²) in [5.41, 5.74) is 1.79. The van der Waals surface area contributed by atoms with E-state index in [1.54, 1.807) is 16.8 Å². The van der Waals surface area contributed by atoms with Crippen LogP contribution in [0.15, 0.2) is 30.3 Å². The SMILES string of the molecule is CC(C)(C)c1nn(-c2ccc(Cl)c(F)c2)c2ccc(C(=O)O)nc12. The second-order valence-corrected chi connectivity index (χ2v) is 6.89. The van der Waals surface area contributed by atoms with Crippen LogP contribution in [0.4, 0.5) is 4.39 Å². The van der Waals surface area contributed by atoms with Crippen molar-refractivity contribution >= 4 is 28.6 Å². The van der Waals surface area contributed by atoms with Gasteiger partial charge in [0, 0.05) is 11.5 Å². The van der Waals surface area contributed by atoms with E-state index in [2.05, 4.69) is 10.1 Å². The molecular formula is C17H15ClFN3O2. The predicted octanol–water partition coefficient (Wildman–Crippen LogP) is 4.21. The average molecular weight is 348 g/mol. The molecule has 124 valence electrons. The third-order valence-corrected chi connectivity index (χ3v) is 3.91. The minimum absolute atomic E-state index is 0.0255. The van der Waals surface area contributed by atoms with Crippen LogP contribution in [0.25, 0.3) is 16.7 Å². The maximum atomic E-state index is 13.8. The third kappa shape index (κ3) is 2.73. The number of aromatic carboxylic acids is 1. The number of benzene rings is 1. The van der Waals surface area contributed by atoms with E-state index in [4.69, 9.17) is 11.6 Å². The Morgan fingerprint density at radius 1 is 1.25 bits per heavy atom. The lowest BCUT2D eigenvalue weighted by molar-refractivity contribution is 0.0691. The highest BCUT2D eigenvalue weighted by Gasteiger charge is 2.25. The van der Waals surface area contributed by atoms with E-state index < -0.39 is 11.8 Å². The second kappa shape index (κ2) is 5.56. The van der Waals surface area contributed by atoms with Gasteiger partial charge in [0.05, 0.1) is 21.9 Å². The molecule has 0 bridgehead atoms. The molecule has 0 unspecified atom stereocenters. The molecule has 0 saturated carbocycles. The number of nitrogens with zero attached hydrogens (tertiary/aromatic N) is 3. The van der Waals surface area contributed by atoms with E-state index in [0.717, 1.165) is 0 Å². The molecule has 0 aliphatic heterocycles. The Kier molecular flexibility index (Phi) is 3.80. The standard InChI is InChI=1S/C17H15ClFN3O2/c1-17(2,3)15-14-13(7-6-12(20-14)16(23)24)22(21-15)9-4-5-10(18)11(19)8-9/h4-8H,1-3H3,(H,23,24). The minimum Gasteiger partial charge on any atom is -0.477 e. The summed E-state index contributed by atoms with van der Waals surface area (Å²) in [5.74, 6) is -1.66. The van der Waals surface area contributed by atoms with Gasteiger partial charge in [0.2, 0.25) is 0 Å². The van der Waals surface area contributed by atoms with Gasteiger partial charge in [0.25, 0.3) is 0 Å². The molecule has 3 rings (SSSR count). The Hall–Kier alpha value is -2.47. The lowest BCUT2D eigenvalue weighted by atomic mass is 9.91. The molecule has 1 aromatic carbocycles. The van der Waals surface area contributed by atoms with E-state index in [0.29, 0.717) is 22.4 Å². The molecule has 0 amide bonds. The van der Waals surface area contributed by atoms with Crippen molar-refractivity contribution in [3.63, 3.8) is 0 Å². The Morgan fingerprint density at radius 3 is 2.54 bits per heavy atom. The molecule has 24 heavy (non-hydrogen) atoms. The van der Waals surface area contributed by atoms with Crippen LogP contribution >= 0.6 is 11.6 Å². The lowest BCUT2D eigenvalue weighted by Gasteiger charge is -2.15. The van der Waals surface area contributed by atoms with E-state index in [1.807, 2.05) is 20.8 Å². The van der Waals surface area contributed by atoms with Crippen molar-refractivity contribution in [2.45, 2.75) is 26.2 Å². The molecule has 1 N–H and O–H groups in total. The van der Waals surface area contributed by atoms with Crippen LogP contribution in [0.5, 0.6) is 0 Å². The topological polar surface area (TPSA) is 68.0 Å². The van der Waals surface area contributed by atoms with Crippen molar-refractivity contribution in [1.29, 1.82) is 0 Å². The van der Waals surface area contributed by atoms with Crippen molar-refractivity contribution in [3.05, 3.63) is 52.6 Å². The molecule has 0 saturated heterocycles. The van der Waals surface area contributed by atoms with Gasteiger partial charge in [-0.3, -0.25) is 0 Å². The number of hydrogen-bond donors (Lipinski definition) is 1. The van der Waals surface area contributed by atoms with Crippen LogP contribution in [-0.4, -0.2) is 25.8 Å². The molecule has 7 heteroatoms. The summed E-state index contributed by atoms with van der Waals surface area (Å²) in [6.07, 6.45) is 0. The summed E-state index contributed by atoms with van der Waals surface area (Å²) in [7, 11) is 0. The number of carboxylic acids is 1. The number of pyridine rings is 1. The first-order chi connectivity index (χ1) is 11.2. The number of aromatic nitrogens is 3. The highest BCUT2D eigenvalue weighted by atomic mass is 35.5. The quantitative estimate of drug-likeness (QED) is 0.754. The summed E-state index contributed by atoms with van der Waals surface area (Å²) in [6, 6.07) is 7.42. The maximum Gasteiger partial charge on any atom is 0.354 e. The summed E-state index contributed by atoms with van der Waals surface area (Å²) in [5, 5.41) is 13.8. The molecular weight excluding hydrogens is 333 g/mol. The summed E-state index contributed by atoms with van der Waals surface area (Å²) in [4.78, 5) is 15.4. The smallest absolute Gasteiger partial charge is 0.354 e. The van der Waals surface area contributed by atoms with Gasteiger partial charge in [-0.25, -0.2) is 18.9 Å². The first-order valence-electron chi connectivity index (χ1n) is 7.27. The minimum atomic E-state index is -1.11. The van der Waals surface area contributed by atoms with Crippen molar-refractivity contribution in [2.75, 3.05) is 0 Å². The fourth-order valence-corrected chi connectivity index (χ4v) is 2.55. The molecule has 0 aliphatic carbocycles. The number of fused-ring (bicyclic) bond motifs is 1. The summed E-state index contributed by atoms with van der Waals surface area (Å²) in [6.45, 7) is 5.87. The van der Waals surface area contributed by atoms with Crippen LogP contribution in [0.3, 0.4) is 0 Å². The maximum absolute atomic E-state index is 13.8. The molecule has 3 aromatic rings. The predicted molar refractivity (Wildman–Crippen MR) is 89.5 cm³/mol. The number of rotatable bonds is 2. The van der Waals surface area contributed by atoms with Gasteiger partial charge < -0.3 is 5.11 Å². The van der Waals surface area contributed by atoms with Crippen LogP contribution in [0, 0.1) is 5.82 Å². The molecule has 2 heterocycles. The number of halogens is 2. The van der Waals surface area contributed by atoms with Gasteiger partial charge >= 0.3 is 5.97 Å². The molecule has 5 nitrogen and oxygen atoms in total. The monoisotopic (exact) mass is 347 g/mol. The highest BCUT2D eigenvalue weighted by molar-refractivity contribution is 6.30. The first-order valence-corrected chi connectivity index (χ1v) is 7.65. The molecule has 0 radical (unpaired) electrons. The third-order valence-electron chi connectivity index (χ3n) is 3.60. The Balaban J connectivity index is 2.33. The molecule has 0 aliphatic rings.